The maximum absolute atomic E-state index is 13.4. The van der Waals surface area contributed by atoms with Crippen molar-refractivity contribution in [3.63, 3.8) is 0 Å². The van der Waals surface area contributed by atoms with Gasteiger partial charge in [-0.3, -0.25) is 4.68 Å². The first-order valence-electron chi connectivity index (χ1n) is 6.21. The van der Waals surface area contributed by atoms with Gasteiger partial charge in [-0.1, -0.05) is 13.0 Å². The van der Waals surface area contributed by atoms with Gasteiger partial charge in [0.05, 0.1) is 17.4 Å². The third-order valence-corrected chi connectivity index (χ3v) is 3.02. The molecule has 0 spiro atoms. The highest BCUT2D eigenvalue weighted by atomic mass is 19.2. The van der Waals surface area contributed by atoms with Crippen LogP contribution in [0.1, 0.15) is 29.9 Å². The molecule has 1 aromatic heterocycles. The van der Waals surface area contributed by atoms with Crippen LogP contribution in [0.15, 0.2) is 24.3 Å². The average Bonchev–Trinajstić information content (AvgIpc) is 2.69. The summed E-state index contributed by atoms with van der Waals surface area (Å²) >= 11 is 0. The molecule has 19 heavy (non-hydrogen) atoms. The Kier molecular flexibility index (Phi) is 3.95. The van der Waals surface area contributed by atoms with E-state index in [1.165, 1.54) is 6.07 Å². The SMILES string of the molecule is CCNC(c1ccc(F)c(F)c1)c1cc(C)nn1C. The van der Waals surface area contributed by atoms with Crippen molar-refractivity contribution in [2.45, 2.75) is 19.9 Å². The number of nitrogens with one attached hydrogen (secondary N) is 1. The Morgan fingerprint density at radius 2 is 2.00 bits per heavy atom. The van der Waals surface area contributed by atoms with Crippen LogP contribution in [-0.2, 0) is 7.05 Å². The van der Waals surface area contributed by atoms with Crippen molar-refractivity contribution >= 4 is 0 Å². The Labute approximate surface area is 111 Å². The maximum Gasteiger partial charge on any atom is 0.159 e. The van der Waals surface area contributed by atoms with E-state index >= 15 is 0 Å². The summed E-state index contributed by atoms with van der Waals surface area (Å²) in [5, 5.41) is 7.55. The molecule has 0 aliphatic rings. The Bertz CT molecular complexity index is 578. The summed E-state index contributed by atoms with van der Waals surface area (Å²) in [5.41, 5.74) is 2.50. The molecule has 5 heteroatoms. The minimum Gasteiger partial charge on any atom is -0.305 e. The number of hydrogen-bond donors (Lipinski definition) is 1. The highest BCUT2D eigenvalue weighted by molar-refractivity contribution is 5.29. The van der Waals surface area contributed by atoms with E-state index in [-0.39, 0.29) is 6.04 Å². The van der Waals surface area contributed by atoms with Gasteiger partial charge in [-0.15, -0.1) is 0 Å². The van der Waals surface area contributed by atoms with Gasteiger partial charge in [0.1, 0.15) is 0 Å². The molecule has 1 atom stereocenters. The van der Waals surface area contributed by atoms with Crippen molar-refractivity contribution in [2.75, 3.05) is 6.54 Å². The zero-order valence-electron chi connectivity index (χ0n) is 11.2. The fourth-order valence-corrected chi connectivity index (χ4v) is 2.19. The lowest BCUT2D eigenvalue weighted by atomic mass is 10.0. The Morgan fingerprint density at radius 3 is 2.53 bits per heavy atom. The molecule has 1 N–H and O–H groups in total. The van der Waals surface area contributed by atoms with Gasteiger partial charge in [-0.2, -0.15) is 5.10 Å². The van der Waals surface area contributed by atoms with Gasteiger partial charge in [0.25, 0.3) is 0 Å². The second kappa shape index (κ2) is 5.48. The number of nitrogens with zero attached hydrogens (tertiary/aromatic N) is 2. The van der Waals surface area contributed by atoms with Crippen LogP contribution in [0.4, 0.5) is 8.78 Å². The van der Waals surface area contributed by atoms with E-state index < -0.39 is 11.6 Å². The first-order chi connectivity index (χ1) is 9.02. The zero-order valence-corrected chi connectivity index (χ0v) is 11.2. The van der Waals surface area contributed by atoms with E-state index in [1.807, 2.05) is 27.0 Å². The molecule has 1 unspecified atom stereocenters. The van der Waals surface area contributed by atoms with Crippen LogP contribution in [0.2, 0.25) is 0 Å². The predicted octanol–water partition coefficient (Wildman–Crippen LogP) is 2.71. The lowest BCUT2D eigenvalue weighted by Gasteiger charge is -2.18. The highest BCUT2D eigenvalue weighted by Crippen LogP contribution is 2.23. The summed E-state index contributed by atoms with van der Waals surface area (Å²) in [7, 11) is 1.84. The summed E-state index contributed by atoms with van der Waals surface area (Å²) in [5.74, 6) is -1.67. The molecular weight excluding hydrogens is 248 g/mol. The molecule has 0 bridgehead atoms. The quantitative estimate of drug-likeness (QED) is 0.921. The first-order valence-corrected chi connectivity index (χ1v) is 6.21. The molecule has 0 aliphatic carbocycles. The predicted molar refractivity (Wildman–Crippen MR) is 69.8 cm³/mol. The standard InChI is InChI=1S/C14H17F2N3/c1-4-17-14(13-7-9(2)18-19(13)3)10-5-6-11(15)12(16)8-10/h5-8,14,17H,4H2,1-3H3. The van der Waals surface area contributed by atoms with Crippen molar-refractivity contribution in [1.82, 2.24) is 15.1 Å². The molecule has 1 aromatic carbocycles. The molecule has 2 rings (SSSR count). The largest absolute Gasteiger partial charge is 0.305 e. The van der Waals surface area contributed by atoms with Gasteiger partial charge in [-0.05, 0) is 37.2 Å². The first kappa shape index (κ1) is 13.7. The van der Waals surface area contributed by atoms with Crippen molar-refractivity contribution < 1.29 is 8.78 Å². The van der Waals surface area contributed by atoms with E-state index in [0.717, 1.165) is 17.5 Å². The van der Waals surface area contributed by atoms with Gasteiger partial charge in [0.15, 0.2) is 11.6 Å². The fourth-order valence-electron chi connectivity index (χ4n) is 2.19. The van der Waals surface area contributed by atoms with E-state index in [1.54, 1.807) is 10.7 Å². The third kappa shape index (κ3) is 2.81. The van der Waals surface area contributed by atoms with Crippen LogP contribution < -0.4 is 5.32 Å². The van der Waals surface area contributed by atoms with Crippen molar-refractivity contribution in [1.29, 1.82) is 0 Å². The number of benzene rings is 1. The fraction of sp³-hybridized carbons (Fsp3) is 0.357. The number of rotatable bonds is 4. The van der Waals surface area contributed by atoms with Crippen molar-refractivity contribution in [3.05, 3.63) is 52.9 Å². The molecule has 2 aromatic rings. The van der Waals surface area contributed by atoms with E-state index in [9.17, 15) is 8.78 Å². The van der Waals surface area contributed by atoms with Crippen LogP contribution in [0.3, 0.4) is 0 Å². The third-order valence-electron chi connectivity index (χ3n) is 3.02. The molecule has 0 aliphatic heterocycles. The zero-order chi connectivity index (χ0) is 14.0. The summed E-state index contributed by atoms with van der Waals surface area (Å²) in [6.45, 7) is 4.59. The van der Waals surface area contributed by atoms with Crippen LogP contribution in [-0.4, -0.2) is 16.3 Å². The number of aromatic nitrogens is 2. The van der Waals surface area contributed by atoms with Crippen molar-refractivity contribution in [2.24, 2.45) is 7.05 Å². The van der Waals surface area contributed by atoms with Gasteiger partial charge in [0, 0.05) is 7.05 Å². The molecule has 1 heterocycles. The smallest absolute Gasteiger partial charge is 0.159 e. The van der Waals surface area contributed by atoms with E-state index in [0.29, 0.717) is 12.1 Å². The van der Waals surface area contributed by atoms with Crippen LogP contribution in [0.25, 0.3) is 0 Å². The number of hydrogen-bond acceptors (Lipinski definition) is 2. The second-order valence-corrected chi connectivity index (χ2v) is 4.50. The monoisotopic (exact) mass is 265 g/mol. The molecule has 3 nitrogen and oxygen atoms in total. The Morgan fingerprint density at radius 1 is 1.26 bits per heavy atom. The molecule has 0 amide bonds. The normalized spacial score (nSPS) is 12.7. The van der Waals surface area contributed by atoms with Crippen LogP contribution in [0.5, 0.6) is 0 Å². The molecule has 102 valence electrons. The lowest BCUT2D eigenvalue weighted by Crippen LogP contribution is -2.24. The van der Waals surface area contributed by atoms with Gasteiger partial charge >= 0.3 is 0 Å². The average molecular weight is 265 g/mol. The summed E-state index contributed by atoms with van der Waals surface area (Å²) < 4.78 is 28.2. The highest BCUT2D eigenvalue weighted by Gasteiger charge is 2.18. The molecule has 0 radical (unpaired) electrons. The second-order valence-electron chi connectivity index (χ2n) is 4.50. The minimum absolute atomic E-state index is 0.203. The van der Waals surface area contributed by atoms with Gasteiger partial charge in [-0.25, -0.2) is 8.78 Å². The van der Waals surface area contributed by atoms with Gasteiger partial charge in [0.2, 0.25) is 0 Å². The Balaban J connectivity index is 2.44. The number of halogens is 2. The number of aryl methyl sites for hydroxylation is 2. The van der Waals surface area contributed by atoms with Crippen LogP contribution >= 0.6 is 0 Å². The minimum atomic E-state index is -0.834. The lowest BCUT2D eigenvalue weighted by molar-refractivity contribution is 0.501. The van der Waals surface area contributed by atoms with Crippen molar-refractivity contribution in [3.8, 4) is 0 Å². The van der Waals surface area contributed by atoms with Gasteiger partial charge < -0.3 is 5.32 Å². The molecular formula is C14H17F2N3. The summed E-state index contributed by atoms with van der Waals surface area (Å²) in [6.07, 6.45) is 0. The topological polar surface area (TPSA) is 29.9 Å². The summed E-state index contributed by atoms with van der Waals surface area (Å²) in [4.78, 5) is 0. The van der Waals surface area contributed by atoms with E-state index in [2.05, 4.69) is 10.4 Å². The summed E-state index contributed by atoms with van der Waals surface area (Å²) in [6, 6.07) is 5.71. The molecule has 0 saturated carbocycles. The maximum atomic E-state index is 13.4. The molecule has 0 saturated heterocycles. The van der Waals surface area contributed by atoms with Crippen LogP contribution in [0, 0.1) is 18.6 Å². The Hall–Kier alpha value is -1.75. The van der Waals surface area contributed by atoms with E-state index in [4.69, 9.17) is 0 Å². The molecule has 0 fully saturated rings.